The number of amides is 1. The number of benzene rings is 2. The molecule has 1 amide bonds. The molecule has 2 aromatic rings. The number of halogens is 1. The SMILES string of the molecule is CCCCc1cc(F)cc([C@H](C)NC(=O)c2ccc3c(c2)N(CC(C)C)C(C)C3)c1. The molecular formula is C26H35FN2O. The van der Waals surface area contributed by atoms with Crippen LogP contribution in [-0.4, -0.2) is 18.5 Å². The molecule has 4 heteroatoms. The molecule has 0 saturated heterocycles. The average molecular weight is 411 g/mol. The Hall–Kier alpha value is -2.36. The van der Waals surface area contributed by atoms with Gasteiger partial charge in [-0.3, -0.25) is 4.79 Å². The molecule has 0 aliphatic carbocycles. The van der Waals surface area contributed by atoms with E-state index in [9.17, 15) is 9.18 Å². The molecule has 0 saturated carbocycles. The molecule has 0 bridgehead atoms. The van der Waals surface area contributed by atoms with Crippen molar-refractivity contribution in [2.24, 2.45) is 5.92 Å². The summed E-state index contributed by atoms with van der Waals surface area (Å²) in [7, 11) is 0. The summed E-state index contributed by atoms with van der Waals surface area (Å²) in [6.07, 6.45) is 3.98. The van der Waals surface area contributed by atoms with E-state index in [1.165, 1.54) is 17.3 Å². The third kappa shape index (κ3) is 5.21. The predicted octanol–water partition coefficient (Wildman–Crippen LogP) is 6.07. The van der Waals surface area contributed by atoms with E-state index in [2.05, 4.69) is 44.0 Å². The Balaban J connectivity index is 1.75. The summed E-state index contributed by atoms with van der Waals surface area (Å²) in [6.45, 7) is 11.7. The number of rotatable bonds is 8. The molecule has 3 nitrogen and oxygen atoms in total. The van der Waals surface area contributed by atoms with E-state index < -0.39 is 0 Å². The second-order valence-corrected chi connectivity index (χ2v) is 9.13. The van der Waals surface area contributed by atoms with Crippen molar-refractivity contribution in [1.29, 1.82) is 0 Å². The third-order valence-electron chi connectivity index (χ3n) is 5.91. The van der Waals surface area contributed by atoms with E-state index in [1.807, 2.05) is 25.1 Å². The number of carbonyl (C=O) groups is 1. The number of hydrogen-bond donors (Lipinski definition) is 1. The zero-order valence-corrected chi connectivity index (χ0v) is 19.0. The summed E-state index contributed by atoms with van der Waals surface area (Å²) >= 11 is 0. The van der Waals surface area contributed by atoms with Crippen molar-refractivity contribution in [1.82, 2.24) is 5.32 Å². The molecule has 2 aromatic carbocycles. The second kappa shape index (κ2) is 9.63. The molecule has 30 heavy (non-hydrogen) atoms. The highest BCUT2D eigenvalue weighted by Gasteiger charge is 2.27. The zero-order valence-electron chi connectivity index (χ0n) is 19.0. The monoisotopic (exact) mass is 410 g/mol. The van der Waals surface area contributed by atoms with Crippen LogP contribution in [0, 0.1) is 11.7 Å². The number of anilines is 1. The fraction of sp³-hybridized carbons (Fsp3) is 0.500. The molecular weight excluding hydrogens is 375 g/mol. The molecule has 1 aliphatic heterocycles. The van der Waals surface area contributed by atoms with Crippen LogP contribution in [0.2, 0.25) is 0 Å². The van der Waals surface area contributed by atoms with Crippen LogP contribution in [0.25, 0.3) is 0 Å². The summed E-state index contributed by atoms with van der Waals surface area (Å²) in [6, 6.07) is 11.3. The fourth-order valence-electron chi connectivity index (χ4n) is 4.30. The number of hydrogen-bond acceptors (Lipinski definition) is 2. The van der Waals surface area contributed by atoms with Gasteiger partial charge in [0, 0.05) is 23.8 Å². The van der Waals surface area contributed by atoms with Crippen LogP contribution in [0.4, 0.5) is 10.1 Å². The first-order valence-electron chi connectivity index (χ1n) is 11.3. The van der Waals surface area contributed by atoms with Crippen LogP contribution < -0.4 is 10.2 Å². The Morgan fingerprint density at radius 2 is 1.97 bits per heavy atom. The van der Waals surface area contributed by atoms with Crippen molar-refractivity contribution in [2.45, 2.75) is 72.4 Å². The molecule has 1 unspecified atom stereocenters. The minimum absolute atomic E-state index is 0.117. The minimum Gasteiger partial charge on any atom is -0.368 e. The first-order chi connectivity index (χ1) is 14.3. The second-order valence-electron chi connectivity index (χ2n) is 9.13. The smallest absolute Gasteiger partial charge is 0.251 e. The maximum atomic E-state index is 14.1. The number of fused-ring (bicyclic) bond motifs is 1. The van der Waals surface area contributed by atoms with Crippen LogP contribution in [0.1, 0.15) is 80.6 Å². The number of unbranched alkanes of at least 4 members (excludes halogenated alkanes) is 1. The van der Waals surface area contributed by atoms with Crippen LogP contribution in [0.15, 0.2) is 36.4 Å². The topological polar surface area (TPSA) is 32.3 Å². The maximum absolute atomic E-state index is 14.1. The third-order valence-corrected chi connectivity index (χ3v) is 5.91. The lowest BCUT2D eigenvalue weighted by atomic mass is 10.0. The zero-order chi connectivity index (χ0) is 21.8. The normalized spacial score (nSPS) is 16.6. The van der Waals surface area contributed by atoms with Gasteiger partial charge in [-0.25, -0.2) is 4.39 Å². The fourth-order valence-corrected chi connectivity index (χ4v) is 4.30. The molecule has 0 radical (unpaired) electrons. The first kappa shape index (κ1) is 22.3. The van der Waals surface area contributed by atoms with E-state index in [1.54, 1.807) is 6.07 Å². The van der Waals surface area contributed by atoms with Crippen molar-refractivity contribution in [3.8, 4) is 0 Å². The Labute approximate surface area is 180 Å². The van der Waals surface area contributed by atoms with Crippen molar-refractivity contribution in [2.75, 3.05) is 11.4 Å². The summed E-state index contributed by atoms with van der Waals surface area (Å²) < 4.78 is 14.1. The molecule has 3 rings (SSSR count). The quantitative estimate of drug-likeness (QED) is 0.573. The van der Waals surface area contributed by atoms with Gasteiger partial charge in [-0.2, -0.15) is 0 Å². The van der Waals surface area contributed by atoms with Crippen molar-refractivity contribution >= 4 is 11.6 Å². The lowest BCUT2D eigenvalue weighted by Gasteiger charge is -2.27. The van der Waals surface area contributed by atoms with E-state index >= 15 is 0 Å². The largest absolute Gasteiger partial charge is 0.368 e. The van der Waals surface area contributed by atoms with E-state index in [0.717, 1.165) is 43.4 Å². The first-order valence-corrected chi connectivity index (χ1v) is 11.3. The Kier molecular flexibility index (Phi) is 7.17. The standard InChI is InChI=1S/C26H35FN2O/c1-6-7-8-20-12-23(14-24(27)13-20)19(5)28-26(30)22-10-9-21-11-18(4)29(16-17(2)3)25(21)15-22/h9-10,12-15,17-19H,6-8,11,16H2,1-5H3,(H,28,30)/t18?,19-/m0/s1. The van der Waals surface area contributed by atoms with Crippen molar-refractivity contribution in [3.63, 3.8) is 0 Å². The van der Waals surface area contributed by atoms with Gasteiger partial charge in [0.25, 0.3) is 5.91 Å². The van der Waals surface area contributed by atoms with Gasteiger partial charge in [0.1, 0.15) is 5.82 Å². The van der Waals surface area contributed by atoms with Gasteiger partial charge in [-0.15, -0.1) is 0 Å². The summed E-state index contributed by atoms with van der Waals surface area (Å²) in [5.74, 6) is 0.204. The van der Waals surface area contributed by atoms with Gasteiger partial charge in [0.05, 0.1) is 6.04 Å². The molecule has 0 fully saturated rings. The lowest BCUT2D eigenvalue weighted by molar-refractivity contribution is 0.0940. The number of carbonyl (C=O) groups excluding carboxylic acids is 1. The Morgan fingerprint density at radius 1 is 1.20 bits per heavy atom. The van der Waals surface area contributed by atoms with Crippen LogP contribution in [0.3, 0.4) is 0 Å². The predicted molar refractivity (Wildman–Crippen MR) is 123 cm³/mol. The average Bonchev–Trinajstić information content (AvgIpc) is 3.00. The van der Waals surface area contributed by atoms with Crippen molar-refractivity contribution in [3.05, 3.63) is 64.5 Å². The molecule has 1 N–H and O–H groups in total. The van der Waals surface area contributed by atoms with Crippen LogP contribution in [-0.2, 0) is 12.8 Å². The van der Waals surface area contributed by atoms with E-state index in [-0.39, 0.29) is 17.8 Å². The Bertz CT molecular complexity index is 893. The van der Waals surface area contributed by atoms with Crippen molar-refractivity contribution < 1.29 is 9.18 Å². The van der Waals surface area contributed by atoms with Gasteiger partial charge in [0.15, 0.2) is 0 Å². The summed E-state index contributed by atoms with van der Waals surface area (Å²) in [5.41, 5.74) is 4.93. The lowest BCUT2D eigenvalue weighted by Crippen LogP contribution is -2.33. The Morgan fingerprint density at radius 3 is 2.67 bits per heavy atom. The molecule has 0 spiro atoms. The van der Waals surface area contributed by atoms with Gasteiger partial charge >= 0.3 is 0 Å². The maximum Gasteiger partial charge on any atom is 0.251 e. The highest BCUT2D eigenvalue weighted by molar-refractivity contribution is 5.95. The molecule has 1 heterocycles. The number of nitrogens with one attached hydrogen (secondary N) is 1. The van der Waals surface area contributed by atoms with Crippen LogP contribution >= 0.6 is 0 Å². The van der Waals surface area contributed by atoms with E-state index in [4.69, 9.17) is 0 Å². The van der Waals surface area contributed by atoms with Gasteiger partial charge in [-0.1, -0.05) is 39.3 Å². The molecule has 0 aromatic heterocycles. The van der Waals surface area contributed by atoms with Gasteiger partial charge in [-0.05, 0) is 80.0 Å². The molecule has 1 aliphatic rings. The summed E-state index contributed by atoms with van der Waals surface area (Å²) in [5, 5.41) is 3.06. The minimum atomic E-state index is -0.257. The van der Waals surface area contributed by atoms with Crippen LogP contribution in [0.5, 0.6) is 0 Å². The van der Waals surface area contributed by atoms with E-state index in [0.29, 0.717) is 17.5 Å². The highest BCUT2D eigenvalue weighted by Crippen LogP contribution is 2.33. The molecule has 162 valence electrons. The molecule has 2 atom stereocenters. The summed E-state index contributed by atoms with van der Waals surface area (Å²) in [4.78, 5) is 15.4. The number of nitrogens with zero attached hydrogens (tertiary/aromatic N) is 1. The van der Waals surface area contributed by atoms with Gasteiger partial charge in [0.2, 0.25) is 0 Å². The highest BCUT2D eigenvalue weighted by atomic mass is 19.1. The van der Waals surface area contributed by atoms with Gasteiger partial charge < -0.3 is 10.2 Å². The number of aryl methyl sites for hydroxylation is 1.